The van der Waals surface area contributed by atoms with E-state index in [9.17, 15) is 5.26 Å². The van der Waals surface area contributed by atoms with Gasteiger partial charge < -0.3 is 9.47 Å². The minimum absolute atomic E-state index is 0.133. The SMILES string of the molecule is CC.CC(C)(C)Oc1ccc(C(C)(C)c2ccc(Oc3cccc(C(C)(C)C)c3C#N)cc2)cc1. The van der Waals surface area contributed by atoms with E-state index < -0.39 is 0 Å². The van der Waals surface area contributed by atoms with Crippen LogP contribution in [-0.2, 0) is 10.8 Å². The number of nitrogens with zero attached hydrogens (tertiary/aromatic N) is 1. The molecule has 3 aromatic rings. The van der Waals surface area contributed by atoms with Crippen LogP contribution in [0.5, 0.6) is 17.2 Å². The van der Waals surface area contributed by atoms with E-state index in [4.69, 9.17) is 9.47 Å². The van der Waals surface area contributed by atoms with E-state index in [1.165, 1.54) is 11.1 Å². The Morgan fingerprint density at radius 2 is 1.14 bits per heavy atom. The van der Waals surface area contributed by atoms with E-state index in [0.717, 1.165) is 11.3 Å². The van der Waals surface area contributed by atoms with Crippen LogP contribution < -0.4 is 9.47 Å². The summed E-state index contributed by atoms with van der Waals surface area (Å²) >= 11 is 0. The van der Waals surface area contributed by atoms with Gasteiger partial charge in [-0.15, -0.1) is 0 Å². The Kier molecular flexibility index (Phi) is 8.79. The standard InChI is InChI=1S/C30H35NO2.C2H6/c1-28(2,3)26-10-9-11-27(25(26)20-31)32-23-16-12-21(13-17-23)30(7,8)22-14-18-24(19-15-22)33-29(4,5)6;1-2/h9-19H,1-8H3;1-2H3. The first-order valence-electron chi connectivity index (χ1n) is 12.4. The first kappa shape index (κ1) is 28.0. The molecule has 0 aliphatic carbocycles. The molecule has 3 aromatic carbocycles. The molecule has 0 atom stereocenters. The van der Waals surface area contributed by atoms with Gasteiger partial charge in [0, 0.05) is 5.41 Å². The first-order valence-corrected chi connectivity index (χ1v) is 12.4. The first-order chi connectivity index (χ1) is 16.3. The molecule has 0 aliphatic heterocycles. The molecule has 0 bridgehead atoms. The van der Waals surface area contributed by atoms with Gasteiger partial charge in [-0.1, -0.05) is 84.9 Å². The zero-order valence-corrected chi connectivity index (χ0v) is 23.1. The average molecular weight is 472 g/mol. The molecule has 0 amide bonds. The molecular weight excluding hydrogens is 430 g/mol. The Morgan fingerprint density at radius 3 is 1.57 bits per heavy atom. The summed E-state index contributed by atoms with van der Waals surface area (Å²) in [5, 5.41) is 9.76. The predicted molar refractivity (Wildman–Crippen MR) is 147 cm³/mol. The Bertz CT molecular complexity index is 1140. The van der Waals surface area contributed by atoms with Gasteiger partial charge in [0.2, 0.25) is 0 Å². The molecule has 0 aromatic heterocycles. The Labute approximate surface area is 212 Å². The molecule has 0 saturated heterocycles. The van der Waals surface area contributed by atoms with Gasteiger partial charge in [-0.3, -0.25) is 0 Å². The van der Waals surface area contributed by atoms with Gasteiger partial charge in [0.1, 0.15) is 28.9 Å². The lowest BCUT2D eigenvalue weighted by Gasteiger charge is -2.27. The minimum Gasteiger partial charge on any atom is -0.488 e. The van der Waals surface area contributed by atoms with Crippen molar-refractivity contribution in [3.05, 3.63) is 89.0 Å². The highest BCUT2D eigenvalue weighted by Crippen LogP contribution is 2.36. The van der Waals surface area contributed by atoms with Gasteiger partial charge in [-0.2, -0.15) is 5.26 Å². The summed E-state index contributed by atoms with van der Waals surface area (Å²) in [4.78, 5) is 0. The molecule has 3 nitrogen and oxygen atoms in total. The molecular formula is C32H41NO2. The lowest BCUT2D eigenvalue weighted by Crippen LogP contribution is -2.23. The second-order valence-electron chi connectivity index (χ2n) is 11.0. The highest BCUT2D eigenvalue weighted by atomic mass is 16.5. The fourth-order valence-corrected chi connectivity index (χ4v) is 3.88. The van der Waals surface area contributed by atoms with Gasteiger partial charge >= 0.3 is 0 Å². The molecule has 0 spiro atoms. The van der Waals surface area contributed by atoms with Crippen molar-refractivity contribution in [1.82, 2.24) is 0 Å². The van der Waals surface area contributed by atoms with Crippen LogP contribution >= 0.6 is 0 Å². The maximum Gasteiger partial charge on any atom is 0.145 e. The summed E-state index contributed by atoms with van der Waals surface area (Å²) in [6.07, 6.45) is 0. The third kappa shape index (κ3) is 7.12. The topological polar surface area (TPSA) is 42.2 Å². The van der Waals surface area contributed by atoms with E-state index in [1.54, 1.807) is 0 Å². The molecule has 0 unspecified atom stereocenters. The predicted octanol–water partition coefficient (Wildman–Crippen LogP) is 9.18. The van der Waals surface area contributed by atoms with Crippen molar-refractivity contribution >= 4 is 0 Å². The summed E-state index contributed by atoms with van der Waals surface area (Å²) in [6, 6.07) is 24.6. The van der Waals surface area contributed by atoms with Gasteiger partial charge in [-0.25, -0.2) is 0 Å². The third-order valence-corrected chi connectivity index (χ3v) is 5.75. The van der Waals surface area contributed by atoms with Crippen molar-refractivity contribution in [3.63, 3.8) is 0 Å². The van der Waals surface area contributed by atoms with Crippen molar-refractivity contribution < 1.29 is 9.47 Å². The van der Waals surface area contributed by atoms with Crippen LogP contribution in [0.25, 0.3) is 0 Å². The summed E-state index contributed by atoms with van der Waals surface area (Å²) in [5.74, 6) is 2.17. The van der Waals surface area contributed by atoms with Crippen molar-refractivity contribution in [2.75, 3.05) is 0 Å². The zero-order chi connectivity index (χ0) is 26.4. The molecule has 35 heavy (non-hydrogen) atoms. The summed E-state index contributed by atoms with van der Waals surface area (Å²) in [7, 11) is 0. The highest BCUT2D eigenvalue weighted by molar-refractivity contribution is 5.53. The lowest BCUT2D eigenvalue weighted by molar-refractivity contribution is 0.131. The van der Waals surface area contributed by atoms with Gasteiger partial charge in [0.25, 0.3) is 0 Å². The number of hydrogen-bond acceptors (Lipinski definition) is 3. The number of ether oxygens (including phenoxy) is 2. The molecule has 0 N–H and O–H groups in total. The lowest BCUT2D eigenvalue weighted by atomic mass is 9.78. The monoisotopic (exact) mass is 471 g/mol. The van der Waals surface area contributed by atoms with Crippen molar-refractivity contribution in [2.45, 2.75) is 85.7 Å². The van der Waals surface area contributed by atoms with Crippen molar-refractivity contribution in [2.24, 2.45) is 0 Å². The maximum atomic E-state index is 9.76. The van der Waals surface area contributed by atoms with E-state index in [2.05, 4.69) is 65.0 Å². The summed E-state index contributed by atoms with van der Waals surface area (Å²) < 4.78 is 12.1. The summed E-state index contributed by atoms with van der Waals surface area (Å²) in [5.41, 5.74) is 3.44. The largest absolute Gasteiger partial charge is 0.488 e. The fraction of sp³-hybridized carbons (Fsp3) is 0.406. The molecule has 0 aliphatic rings. The van der Waals surface area contributed by atoms with Crippen molar-refractivity contribution in [1.29, 1.82) is 5.26 Å². The smallest absolute Gasteiger partial charge is 0.145 e. The zero-order valence-electron chi connectivity index (χ0n) is 23.1. The van der Waals surface area contributed by atoms with Crippen LogP contribution in [0.3, 0.4) is 0 Å². The normalized spacial score (nSPS) is 11.7. The summed E-state index contributed by atoms with van der Waals surface area (Å²) in [6.45, 7) is 20.9. The second-order valence-corrected chi connectivity index (χ2v) is 11.0. The van der Waals surface area contributed by atoms with Crippen LogP contribution in [0, 0.1) is 11.3 Å². The quantitative estimate of drug-likeness (QED) is 0.372. The molecule has 3 rings (SSSR count). The number of benzene rings is 3. The van der Waals surface area contributed by atoms with E-state index >= 15 is 0 Å². The van der Waals surface area contributed by atoms with Crippen LogP contribution in [0.2, 0.25) is 0 Å². The van der Waals surface area contributed by atoms with E-state index in [-0.39, 0.29) is 16.4 Å². The van der Waals surface area contributed by atoms with Gasteiger partial charge in [0.05, 0.1) is 5.56 Å². The minimum atomic E-state index is -0.218. The van der Waals surface area contributed by atoms with Crippen LogP contribution in [-0.4, -0.2) is 5.60 Å². The number of hydrogen-bond donors (Lipinski definition) is 0. The van der Waals surface area contributed by atoms with E-state index in [0.29, 0.717) is 17.1 Å². The molecule has 0 heterocycles. The number of nitriles is 1. The van der Waals surface area contributed by atoms with Crippen LogP contribution in [0.1, 0.15) is 91.5 Å². The van der Waals surface area contributed by atoms with Crippen LogP contribution in [0.4, 0.5) is 0 Å². The maximum absolute atomic E-state index is 9.76. The second kappa shape index (κ2) is 11.0. The Hall–Kier alpha value is -3.25. The van der Waals surface area contributed by atoms with Gasteiger partial charge in [-0.05, 0) is 73.2 Å². The molecule has 3 heteroatoms. The third-order valence-electron chi connectivity index (χ3n) is 5.75. The molecule has 0 radical (unpaired) electrons. The average Bonchev–Trinajstić information content (AvgIpc) is 2.79. The van der Waals surface area contributed by atoms with Crippen LogP contribution in [0.15, 0.2) is 66.7 Å². The van der Waals surface area contributed by atoms with Gasteiger partial charge in [0.15, 0.2) is 0 Å². The van der Waals surface area contributed by atoms with E-state index in [1.807, 2.05) is 77.1 Å². The highest BCUT2D eigenvalue weighted by Gasteiger charge is 2.24. The Balaban J connectivity index is 0.00000210. The molecule has 0 saturated carbocycles. The number of rotatable bonds is 5. The van der Waals surface area contributed by atoms with Crippen molar-refractivity contribution in [3.8, 4) is 23.3 Å². The Morgan fingerprint density at radius 1 is 0.657 bits per heavy atom. The molecule has 186 valence electrons. The molecule has 0 fully saturated rings. The fourth-order valence-electron chi connectivity index (χ4n) is 3.88.